The van der Waals surface area contributed by atoms with Crippen LogP contribution in [-0.2, 0) is 0 Å². The van der Waals surface area contributed by atoms with Crippen LogP contribution in [0.3, 0.4) is 0 Å². The second-order valence-electron chi connectivity index (χ2n) is 6.43. The minimum absolute atomic E-state index is 0.157. The predicted octanol–water partition coefficient (Wildman–Crippen LogP) is 4.24. The van der Waals surface area contributed by atoms with E-state index in [-0.39, 0.29) is 5.60 Å². The van der Waals surface area contributed by atoms with Gasteiger partial charge in [0, 0.05) is 30.5 Å². The van der Waals surface area contributed by atoms with Gasteiger partial charge in [0.05, 0.1) is 6.61 Å². The molecule has 1 aromatic carbocycles. The Labute approximate surface area is 128 Å². The van der Waals surface area contributed by atoms with Gasteiger partial charge in [-0.1, -0.05) is 18.6 Å². The fraction of sp³-hybridized carbons (Fsp3) is 0.556. The van der Waals surface area contributed by atoms with E-state index in [0.29, 0.717) is 12.6 Å². The van der Waals surface area contributed by atoms with E-state index < -0.39 is 0 Å². The van der Waals surface area contributed by atoms with Gasteiger partial charge in [0.2, 0.25) is 0 Å². The van der Waals surface area contributed by atoms with Crippen LogP contribution < -0.4 is 14.8 Å². The maximum Gasteiger partial charge on any atom is 0.128 e. The van der Waals surface area contributed by atoms with Crippen LogP contribution in [0.5, 0.6) is 11.5 Å². The fourth-order valence-corrected chi connectivity index (χ4v) is 2.69. The third-order valence-corrected chi connectivity index (χ3v) is 3.69. The largest absolute Gasteiger partial charge is 0.493 e. The van der Waals surface area contributed by atoms with Crippen molar-refractivity contribution in [3.05, 3.63) is 35.9 Å². The molecule has 0 aromatic heterocycles. The lowest BCUT2D eigenvalue weighted by Crippen LogP contribution is -2.39. The first-order chi connectivity index (χ1) is 9.91. The molecular weight excluding hydrogens is 262 g/mol. The Morgan fingerprint density at radius 3 is 2.90 bits per heavy atom. The summed E-state index contributed by atoms with van der Waals surface area (Å²) in [6.45, 7) is 13.9. The first-order valence-corrected chi connectivity index (χ1v) is 7.75. The van der Waals surface area contributed by atoms with Crippen molar-refractivity contribution < 1.29 is 9.47 Å². The van der Waals surface area contributed by atoms with Gasteiger partial charge >= 0.3 is 0 Å². The summed E-state index contributed by atoms with van der Waals surface area (Å²) in [5.74, 6) is 1.80. The SMILES string of the molecule is C=C(C)CCOc1ccc2c(c1)OC(C)(C)CC2NCC. The monoisotopic (exact) mass is 289 g/mol. The molecule has 0 fully saturated rings. The van der Waals surface area contributed by atoms with Gasteiger partial charge < -0.3 is 14.8 Å². The van der Waals surface area contributed by atoms with E-state index >= 15 is 0 Å². The smallest absolute Gasteiger partial charge is 0.128 e. The second-order valence-corrected chi connectivity index (χ2v) is 6.43. The Bertz CT molecular complexity index is 508. The lowest BCUT2D eigenvalue weighted by Gasteiger charge is -2.38. The van der Waals surface area contributed by atoms with Crippen LogP contribution in [0.1, 0.15) is 52.1 Å². The van der Waals surface area contributed by atoms with Gasteiger partial charge in [0.15, 0.2) is 0 Å². The van der Waals surface area contributed by atoms with Crippen LogP contribution in [0, 0.1) is 0 Å². The molecule has 1 N–H and O–H groups in total. The van der Waals surface area contributed by atoms with Crippen molar-refractivity contribution in [1.82, 2.24) is 5.32 Å². The van der Waals surface area contributed by atoms with Crippen molar-refractivity contribution in [2.24, 2.45) is 0 Å². The summed E-state index contributed by atoms with van der Waals surface area (Å²) in [5.41, 5.74) is 2.21. The van der Waals surface area contributed by atoms with Crippen LogP contribution in [0.4, 0.5) is 0 Å². The maximum atomic E-state index is 6.13. The molecule has 0 saturated carbocycles. The molecule has 21 heavy (non-hydrogen) atoms. The van der Waals surface area contributed by atoms with E-state index in [1.165, 1.54) is 5.56 Å². The summed E-state index contributed by atoms with van der Waals surface area (Å²) in [7, 11) is 0. The minimum Gasteiger partial charge on any atom is -0.493 e. The molecule has 2 rings (SSSR count). The Hall–Kier alpha value is -1.48. The van der Waals surface area contributed by atoms with E-state index in [2.05, 4.69) is 38.7 Å². The highest BCUT2D eigenvalue weighted by molar-refractivity contribution is 5.44. The van der Waals surface area contributed by atoms with Gasteiger partial charge in [-0.2, -0.15) is 0 Å². The summed E-state index contributed by atoms with van der Waals surface area (Å²) >= 11 is 0. The zero-order valence-corrected chi connectivity index (χ0v) is 13.7. The van der Waals surface area contributed by atoms with Gasteiger partial charge in [-0.15, -0.1) is 6.58 Å². The molecule has 0 aliphatic carbocycles. The average Bonchev–Trinajstić information content (AvgIpc) is 2.37. The molecule has 1 atom stereocenters. The molecule has 116 valence electrons. The first kappa shape index (κ1) is 15.9. The van der Waals surface area contributed by atoms with Crippen LogP contribution >= 0.6 is 0 Å². The van der Waals surface area contributed by atoms with E-state index in [0.717, 1.165) is 36.5 Å². The normalized spacial score (nSPS) is 19.5. The third-order valence-electron chi connectivity index (χ3n) is 3.69. The van der Waals surface area contributed by atoms with Gasteiger partial charge in [-0.05, 0) is 33.4 Å². The van der Waals surface area contributed by atoms with E-state index in [1.807, 2.05) is 19.1 Å². The Kier molecular flexibility index (Phi) is 4.94. The zero-order chi connectivity index (χ0) is 15.5. The Morgan fingerprint density at radius 1 is 1.48 bits per heavy atom. The molecule has 3 heteroatoms. The van der Waals surface area contributed by atoms with Crippen molar-refractivity contribution in [1.29, 1.82) is 0 Å². The second kappa shape index (κ2) is 6.52. The van der Waals surface area contributed by atoms with E-state index in [4.69, 9.17) is 9.47 Å². The summed E-state index contributed by atoms with van der Waals surface area (Å²) in [4.78, 5) is 0. The van der Waals surface area contributed by atoms with Crippen molar-refractivity contribution in [3.8, 4) is 11.5 Å². The van der Waals surface area contributed by atoms with Gasteiger partial charge in [-0.25, -0.2) is 0 Å². The molecule has 0 radical (unpaired) electrons. The van der Waals surface area contributed by atoms with Gasteiger partial charge in [-0.3, -0.25) is 0 Å². The number of hydrogen-bond acceptors (Lipinski definition) is 3. The van der Waals surface area contributed by atoms with Crippen molar-refractivity contribution in [3.63, 3.8) is 0 Å². The molecular formula is C18H27NO2. The van der Waals surface area contributed by atoms with Crippen LogP contribution in [0.2, 0.25) is 0 Å². The quantitative estimate of drug-likeness (QED) is 0.794. The molecule has 1 aromatic rings. The van der Waals surface area contributed by atoms with Crippen LogP contribution in [0.15, 0.2) is 30.4 Å². The molecule has 1 unspecified atom stereocenters. The number of nitrogens with one attached hydrogen (secondary N) is 1. The van der Waals surface area contributed by atoms with Crippen molar-refractivity contribution in [2.45, 2.75) is 52.2 Å². The Morgan fingerprint density at radius 2 is 2.24 bits per heavy atom. The lowest BCUT2D eigenvalue weighted by atomic mass is 9.89. The Balaban J connectivity index is 2.15. The summed E-state index contributed by atoms with van der Waals surface area (Å²) in [6.07, 6.45) is 1.85. The van der Waals surface area contributed by atoms with Crippen LogP contribution in [-0.4, -0.2) is 18.8 Å². The molecule has 0 spiro atoms. The number of ether oxygens (including phenoxy) is 2. The van der Waals surface area contributed by atoms with Crippen molar-refractivity contribution in [2.75, 3.05) is 13.2 Å². The van der Waals surface area contributed by atoms with Gasteiger partial charge in [0.25, 0.3) is 0 Å². The third kappa shape index (κ3) is 4.24. The molecule has 0 bridgehead atoms. The van der Waals surface area contributed by atoms with Gasteiger partial charge in [0.1, 0.15) is 17.1 Å². The number of rotatable bonds is 6. The molecule has 1 heterocycles. The average molecular weight is 289 g/mol. The highest BCUT2D eigenvalue weighted by Crippen LogP contribution is 2.41. The number of benzene rings is 1. The van der Waals surface area contributed by atoms with E-state index in [1.54, 1.807) is 0 Å². The number of fused-ring (bicyclic) bond motifs is 1. The maximum absolute atomic E-state index is 6.13. The summed E-state index contributed by atoms with van der Waals surface area (Å²) < 4.78 is 11.9. The summed E-state index contributed by atoms with van der Waals surface area (Å²) in [5, 5.41) is 3.54. The highest BCUT2D eigenvalue weighted by atomic mass is 16.5. The standard InChI is InChI=1S/C18H27NO2/c1-6-19-16-12-18(4,5)21-17-11-14(7-8-15(16)17)20-10-9-13(2)3/h7-8,11,16,19H,2,6,9-10,12H2,1,3-5H3. The van der Waals surface area contributed by atoms with E-state index in [9.17, 15) is 0 Å². The molecule has 1 aliphatic rings. The highest BCUT2D eigenvalue weighted by Gasteiger charge is 2.33. The molecule has 1 aliphatic heterocycles. The molecule has 0 amide bonds. The minimum atomic E-state index is -0.157. The fourth-order valence-electron chi connectivity index (χ4n) is 2.69. The number of hydrogen-bond donors (Lipinski definition) is 1. The lowest BCUT2D eigenvalue weighted by molar-refractivity contribution is 0.0660. The zero-order valence-electron chi connectivity index (χ0n) is 13.7. The van der Waals surface area contributed by atoms with Crippen LogP contribution in [0.25, 0.3) is 0 Å². The molecule has 3 nitrogen and oxygen atoms in total. The predicted molar refractivity (Wildman–Crippen MR) is 87.1 cm³/mol. The van der Waals surface area contributed by atoms with Crippen molar-refractivity contribution >= 4 is 0 Å². The first-order valence-electron chi connectivity index (χ1n) is 7.75. The topological polar surface area (TPSA) is 30.5 Å². The summed E-state index contributed by atoms with van der Waals surface area (Å²) in [6, 6.07) is 6.51. The molecule has 0 saturated heterocycles.